The highest BCUT2D eigenvalue weighted by atomic mass is 16.2. The first kappa shape index (κ1) is 11.5. The van der Waals surface area contributed by atoms with Gasteiger partial charge in [0.2, 0.25) is 5.91 Å². The fraction of sp³-hybridized carbons (Fsp3) is 0.900. The van der Waals surface area contributed by atoms with Crippen LogP contribution in [-0.2, 0) is 4.79 Å². The van der Waals surface area contributed by atoms with Crippen molar-refractivity contribution in [1.29, 1.82) is 0 Å². The van der Waals surface area contributed by atoms with Gasteiger partial charge in [0.25, 0.3) is 0 Å². The van der Waals surface area contributed by atoms with Crippen molar-refractivity contribution in [1.82, 2.24) is 10.2 Å². The maximum atomic E-state index is 11.3. The average Bonchev–Trinajstić information content (AvgIpc) is 2.11. The van der Waals surface area contributed by atoms with Crippen LogP contribution in [0.15, 0.2) is 0 Å². The lowest BCUT2D eigenvalue weighted by Crippen LogP contribution is -2.50. The van der Waals surface area contributed by atoms with E-state index in [2.05, 4.69) is 24.2 Å². The van der Waals surface area contributed by atoms with E-state index in [0.717, 1.165) is 19.4 Å². The highest BCUT2D eigenvalue weighted by Gasteiger charge is 2.24. The lowest BCUT2D eigenvalue weighted by Gasteiger charge is -2.35. The fourth-order valence-corrected chi connectivity index (χ4v) is 1.75. The van der Waals surface area contributed by atoms with Gasteiger partial charge in [0, 0.05) is 18.6 Å². The molecule has 1 saturated heterocycles. The zero-order valence-corrected chi connectivity index (χ0v) is 9.29. The molecular formula is C10H21N3O. The molecule has 0 bridgehead atoms. The van der Waals surface area contributed by atoms with E-state index in [0.29, 0.717) is 12.1 Å². The van der Waals surface area contributed by atoms with E-state index in [-0.39, 0.29) is 5.91 Å². The summed E-state index contributed by atoms with van der Waals surface area (Å²) in [5.41, 5.74) is 5.49. The predicted octanol–water partition coefficient (Wildman–Crippen LogP) is -0.0675. The molecule has 0 spiro atoms. The minimum Gasteiger partial charge on any atom is -0.352 e. The molecule has 1 amide bonds. The molecular weight excluding hydrogens is 178 g/mol. The monoisotopic (exact) mass is 199 g/mol. The largest absolute Gasteiger partial charge is 0.352 e. The van der Waals surface area contributed by atoms with Gasteiger partial charge in [-0.1, -0.05) is 0 Å². The van der Waals surface area contributed by atoms with E-state index < -0.39 is 6.04 Å². The van der Waals surface area contributed by atoms with Crippen LogP contribution >= 0.6 is 0 Å². The third-order valence-electron chi connectivity index (χ3n) is 2.97. The van der Waals surface area contributed by atoms with Crippen LogP contribution < -0.4 is 11.1 Å². The number of carbonyl (C=O) groups excluding carboxylic acids is 1. The quantitative estimate of drug-likeness (QED) is 0.654. The molecule has 14 heavy (non-hydrogen) atoms. The maximum Gasteiger partial charge on any atom is 0.236 e. The molecule has 1 aliphatic rings. The number of nitrogens with two attached hydrogens (primary N) is 1. The molecule has 82 valence electrons. The third-order valence-corrected chi connectivity index (χ3v) is 2.97. The van der Waals surface area contributed by atoms with Gasteiger partial charge in [0.1, 0.15) is 0 Å². The van der Waals surface area contributed by atoms with Crippen molar-refractivity contribution < 1.29 is 4.79 Å². The molecule has 4 heteroatoms. The van der Waals surface area contributed by atoms with Gasteiger partial charge in [-0.15, -0.1) is 0 Å². The number of likely N-dealkylation sites (tertiary alicyclic amines) is 1. The van der Waals surface area contributed by atoms with E-state index in [1.165, 1.54) is 0 Å². The van der Waals surface area contributed by atoms with Crippen molar-refractivity contribution in [3.05, 3.63) is 0 Å². The van der Waals surface area contributed by atoms with Gasteiger partial charge in [-0.2, -0.15) is 0 Å². The van der Waals surface area contributed by atoms with Gasteiger partial charge in [-0.3, -0.25) is 4.79 Å². The molecule has 0 saturated carbocycles. The zero-order valence-electron chi connectivity index (χ0n) is 9.29. The van der Waals surface area contributed by atoms with Gasteiger partial charge < -0.3 is 16.0 Å². The van der Waals surface area contributed by atoms with Crippen LogP contribution in [0, 0.1) is 0 Å². The standard InChI is InChI=1S/C10H21N3O/c1-7-6-9(4-5-13(7)3)12-10(14)8(2)11/h7-9H,4-6,11H2,1-3H3,(H,12,14). The van der Waals surface area contributed by atoms with E-state index >= 15 is 0 Å². The Morgan fingerprint density at radius 2 is 2.29 bits per heavy atom. The van der Waals surface area contributed by atoms with Crippen LogP contribution in [0.5, 0.6) is 0 Å². The van der Waals surface area contributed by atoms with E-state index in [9.17, 15) is 4.79 Å². The van der Waals surface area contributed by atoms with Crippen LogP contribution in [0.25, 0.3) is 0 Å². The van der Waals surface area contributed by atoms with E-state index in [4.69, 9.17) is 5.73 Å². The van der Waals surface area contributed by atoms with Gasteiger partial charge >= 0.3 is 0 Å². The first-order valence-electron chi connectivity index (χ1n) is 5.27. The van der Waals surface area contributed by atoms with Gasteiger partial charge in [0.05, 0.1) is 6.04 Å². The first-order chi connectivity index (χ1) is 6.50. The predicted molar refractivity (Wildman–Crippen MR) is 56.9 cm³/mol. The minimum atomic E-state index is -0.398. The molecule has 1 aliphatic heterocycles. The Labute approximate surface area is 85.8 Å². The highest BCUT2D eigenvalue weighted by molar-refractivity contribution is 5.81. The summed E-state index contributed by atoms with van der Waals surface area (Å²) in [5, 5.41) is 2.98. The van der Waals surface area contributed by atoms with Gasteiger partial charge in [0.15, 0.2) is 0 Å². The van der Waals surface area contributed by atoms with Crippen molar-refractivity contribution in [2.75, 3.05) is 13.6 Å². The molecule has 1 heterocycles. The molecule has 4 nitrogen and oxygen atoms in total. The number of amides is 1. The number of rotatable bonds is 2. The molecule has 0 radical (unpaired) electrons. The van der Waals surface area contributed by atoms with Crippen molar-refractivity contribution in [3.8, 4) is 0 Å². The van der Waals surface area contributed by atoms with Crippen molar-refractivity contribution in [3.63, 3.8) is 0 Å². The Kier molecular flexibility index (Phi) is 3.89. The molecule has 0 aromatic rings. The first-order valence-corrected chi connectivity index (χ1v) is 5.27. The van der Waals surface area contributed by atoms with Crippen molar-refractivity contribution in [2.45, 2.75) is 44.8 Å². The molecule has 3 N–H and O–H groups in total. The molecule has 3 atom stereocenters. The third kappa shape index (κ3) is 2.96. The normalized spacial score (nSPS) is 31.1. The molecule has 1 rings (SSSR count). The van der Waals surface area contributed by atoms with Crippen LogP contribution in [0.1, 0.15) is 26.7 Å². The lowest BCUT2D eigenvalue weighted by molar-refractivity contribution is -0.123. The van der Waals surface area contributed by atoms with Gasteiger partial charge in [-0.25, -0.2) is 0 Å². The lowest BCUT2D eigenvalue weighted by atomic mass is 9.99. The Morgan fingerprint density at radius 1 is 1.64 bits per heavy atom. The summed E-state index contributed by atoms with van der Waals surface area (Å²) in [4.78, 5) is 13.7. The van der Waals surface area contributed by atoms with Crippen LogP contribution in [0.4, 0.5) is 0 Å². The molecule has 0 aliphatic carbocycles. The second kappa shape index (κ2) is 4.75. The number of hydrogen-bond acceptors (Lipinski definition) is 3. The van der Waals surface area contributed by atoms with Crippen LogP contribution in [0.2, 0.25) is 0 Å². The van der Waals surface area contributed by atoms with Crippen LogP contribution in [-0.4, -0.2) is 42.5 Å². The summed E-state index contributed by atoms with van der Waals surface area (Å²) in [5.74, 6) is -0.0354. The molecule has 1 fully saturated rings. The van der Waals surface area contributed by atoms with Crippen molar-refractivity contribution in [2.24, 2.45) is 5.73 Å². The SMILES string of the molecule is CC(N)C(=O)NC1CCN(C)C(C)C1. The number of hydrogen-bond donors (Lipinski definition) is 2. The number of nitrogens with zero attached hydrogens (tertiary/aromatic N) is 1. The fourth-order valence-electron chi connectivity index (χ4n) is 1.75. The summed E-state index contributed by atoms with van der Waals surface area (Å²) >= 11 is 0. The summed E-state index contributed by atoms with van der Waals surface area (Å²) in [7, 11) is 2.12. The van der Waals surface area contributed by atoms with Crippen molar-refractivity contribution >= 4 is 5.91 Å². The Balaban J connectivity index is 2.37. The molecule has 3 unspecified atom stereocenters. The summed E-state index contributed by atoms with van der Waals surface area (Å²) in [6.45, 7) is 4.95. The maximum absolute atomic E-state index is 11.3. The topological polar surface area (TPSA) is 58.4 Å². The van der Waals surface area contributed by atoms with Crippen LogP contribution in [0.3, 0.4) is 0 Å². The summed E-state index contributed by atoms with van der Waals surface area (Å²) in [6, 6.07) is 0.451. The Morgan fingerprint density at radius 3 is 2.79 bits per heavy atom. The second-order valence-electron chi connectivity index (χ2n) is 4.35. The molecule has 0 aromatic heterocycles. The minimum absolute atomic E-state index is 0.0354. The summed E-state index contributed by atoms with van der Waals surface area (Å²) in [6.07, 6.45) is 2.05. The Hall–Kier alpha value is -0.610. The van der Waals surface area contributed by atoms with Gasteiger partial charge in [-0.05, 0) is 33.7 Å². The smallest absolute Gasteiger partial charge is 0.236 e. The second-order valence-corrected chi connectivity index (χ2v) is 4.35. The number of piperidine rings is 1. The Bertz CT molecular complexity index is 206. The molecule has 0 aromatic carbocycles. The highest BCUT2D eigenvalue weighted by Crippen LogP contribution is 2.15. The van der Waals surface area contributed by atoms with E-state index in [1.807, 2.05) is 0 Å². The number of carbonyl (C=O) groups is 1. The van der Waals surface area contributed by atoms with E-state index in [1.54, 1.807) is 6.92 Å². The zero-order chi connectivity index (χ0) is 10.7. The summed E-state index contributed by atoms with van der Waals surface area (Å²) < 4.78 is 0. The number of nitrogens with one attached hydrogen (secondary N) is 1. The average molecular weight is 199 g/mol.